The fraction of sp³-hybridized carbons (Fsp3) is 0.0909. The van der Waals surface area contributed by atoms with Crippen molar-refractivity contribution in [1.82, 2.24) is 9.55 Å². The predicted molar refractivity (Wildman–Crippen MR) is 61.9 cm³/mol. The summed E-state index contributed by atoms with van der Waals surface area (Å²) in [5, 5.41) is 19.9. The number of benzene rings is 1. The lowest BCUT2D eigenvalue weighted by atomic mass is 10.1. The summed E-state index contributed by atoms with van der Waals surface area (Å²) in [5.74, 6) is -1.21. The summed E-state index contributed by atoms with van der Waals surface area (Å²) in [7, 11) is 0. The fourth-order valence-electron chi connectivity index (χ4n) is 1.67. The molecule has 18 heavy (non-hydrogen) atoms. The Hall–Kier alpha value is -2.70. The van der Waals surface area contributed by atoms with E-state index in [1.807, 2.05) is 0 Å². The predicted octanol–water partition coefficient (Wildman–Crippen LogP) is 1.79. The van der Waals surface area contributed by atoms with Crippen LogP contribution in [0.1, 0.15) is 15.9 Å². The van der Waals surface area contributed by atoms with Gasteiger partial charge < -0.3 is 9.67 Å². The van der Waals surface area contributed by atoms with Gasteiger partial charge in [-0.25, -0.2) is 9.78 Å². The van der Waals surface area contributed by atoms with Crippen LogP contribution in [0.15, 0.2) is 30.9 Å². The number of imidazole rings is 1. The van der Waals surface area contributed by atoms with Gasteiger partial charge in [0.25, 0.3) is 5.69 Å². The first-order valence-electron chi connectivity index (χ1n) is 5.01. The Bertz CT molecular complexity index is 619. The largest absolute Gasteiger partial charge is 0.478 e. The Kier molecular flexibility index (Phi) is 2.80. The minimum atomic E-state index is -1.21. The highest BCUT2D eigenvalue weighted by Gasteiger charge is 2.19. The van der Waals surface area contributed by atoms with E-state index in [9.17, 15) is 14.9 Å². The fourth-order valence-corrected chi connectivity index (χ4v) is 1.67. The monoisotopic (exact) mass is 247 g/mol. The van der Waals surface area contributed by atoms with Crippen LogP contribution in [0, 0.1) is 17.0 Å². The normalized spacial score (nSPS) is 10.3. The van der Waals surface area contributed by atoms with Crippen LogP contribution in [0.4, 0.5) is 5.69 Å². The first kappa shape index (κ1) is 11.8. The van der Waals surface area contributed by atoms with E-state index in [1.54, 1.807) is 13.1 Å². The average Bonchev–Trinajstić information content (AvgIpc) is 2.81. The quantitative estimate of drug-likeness (QED) is 0.658. The number of aromatic carboxylic acids is 1. The van der Waals surface area contributed by atoms with E-state index in [0.29, 0.717) is 11.3 Å². The van der Waals surface area contributed by atoms with Crippen molar-refractivity contribution in [3.8, 4) is 5.69 Å². The lowest BCUT2D eigenvalue weighted by Gasteiger charge is -2.08. The third-order valence-electron chi connectivity index (χ3n) is 2.58. The molecule has 1 heterocycles. The number of carbonyl (C=O) groups is 1. The molecule has 92 valence electrons. The molecule has 2 aromatic rings. The molecule has 0 saturated carbocycles. The minimum absolute atomic E-state index is 0.129. The number of aromatic nitrogens is 2. The summed E-state index contributed by atoms with van der Waals surface area (Å²) < 4.78 is 1.54. The molecule has 0 aliphatic rings. The molecule has 0 bridgehead atoms. The smallest absolute Gasteiger partial charge is 0.336 e. The molecule has 0 amide bonds. The van der Waals surface area contributed by atoms with E-state index in [0.717, 1.165) is 6.07 Å². The van der Waals surface area contributed by atoms with Gasteiger partial charge in [0.15, 0.2) is 0 Å². The number of nitro groups is 1. The average molecular weight is 247 g/mol. The zero-order chi connectivity index (χ0) is 13.3. The molecule has 0 atom stereocenters. The van der Waals surface area contributed by atoms with E-state index < -0.39 is 10.9 Å². The molecule has 7 heteroatoms. The number of carboxylic acid groups (broad SMARTS) is 1. The van der Waals surface area contributed by atoms with Gasteiger partial charge in [0, 0.05) is 18.5 Å². The maximum Gasteiger partial charge on any atom is 0.336 e. The number of rotatable bonds is 3. The second-order valence-corrected chi connectivity index (χ2v) is 3.67. The van der Waals surface area contributed by atoms with Crippen molar-refractivity contribution in [1.29, 1.82) is 0 Å². The van der Waals surface area contributed by atoms with Gasteiger partial charge in [0.05, 0.1) is 28.1 Å². The molecule has 0 fully saturated rings. The molecule has 0 aliphatic heterocycles. The number of hydrogen-bond acceptors (Lipinski definition) is 4. The van der Waals surface area contributed by atoms with Crippen LogP contribution < -0.4 is 0 Å². The summed E-state index contributed by atoms with van der Waals surface area (Å²) in [6, 6.07) is 2.43. The lowest BCUT2D eigenvalue weighted by molar-refractivity contribution is -0.385. The van der Waals surface area contributed by atoms with Gasteiger partial charge in [-0.05, 0) is 13.0 Å². The van der Waals surface area contributed by atoms with Gasteiger partial charge in [0.1, 0.15) is 0 Å². The van der Waals surface area contributed by atoms with E-state index in [1.165, 1.54) is 23.2 Å². The summed E-state index contributed by atoms with van der Waals surface area (Å²) >= 11 is 0. The van der Waals surface area contributed by atoms with Crippen molar-refractivity contribution in [2.24, 2.45) is 0 Å². The van der Waals surface area contributed by atoms with Crippen molar-refractivity contribution < 1.29 is 14.8 Å². The highest BCUT2D eigenvalue weighted by atomic mass is 16.6. The van der Waals surface area contributed by atoms with Crippen LogP contribution >= 0.6 is 0 Å². The molecule has 0 radical (unpaired) electrons. The molecule has 7 nitrogen and oxygen atoms in total. The molecule has 2 rings (SSSR count). The summed E-state index contributed by atoms with van der Waals surface area (Å²) in [6.45, 7) is 1.57. The second-order valence-electron chi connectivity index (χ2n) is 3.67. The molecule has 0 spiro atoms. The Morgan fingerprint density at radius 3 is 2.72 bits per heavy atom. The van der Waals surface area contributed by atoms with Gasteiger partial charge in [-0.1, -0.05) is 0 Å². The number of carboxylic acids is 1. The van der Waals surface area contributed by atoms with Gasteiger partial charge in [-0.15, -0.1) is 0 Å². The maximum atomic E-state index is 11.0. The van der Waals surface area contributed by atoms with Crippen LogP contribution in [0.2, 0.25) is 0 Å². The molecule has 0 saturated heterocycles. The number of hydrogen-bond donors (Lipinski definition) is 1. The van der Waals surface area contributed by atoms with Crippen LogP contribution in [0.25, 0.3) is 5.69 Å². The molecule has 0 unspecified atom stereocenters. The SMILES string of the molecule is Cc1c(-n2ccnc2)cc(C(=O)O)cc1[N+](=O)[O-]. The van der Waals surface area contributed by atoms with Crippen molar-refractivity contribution in [3.05, 3.63) is 52.1 Å². The highest BCUT2D eigenvalue weighted by Crippen LogP contribution is 2.26. The molecule has 1 aromatic heterocycles. The van der Waals surface area contributed by atoms with Crippen LogP contribution in [-0.2, 0) is 0 Å². The zero-order valence-electron chi connectivity index (χ0n) is 9.40. The minimum Gasteiger partial charge on any atom is -0.478 e. The zero-order valence-corrected chi connectivity index (χ0v) is 9.40. The van der Waals surface area contributed by atoms with Crippen LogP contribution in [0.3, 0.4) is 0 Å². The Morgan fingerprint density at radius 1 is 1.50 bits per heavy atom. The van der Waals surface area contributed by atoms with E-state index >= 15 is 0 Å². The Balaban J connectivity index is 2.72. The first-order chi connectivity index (χ1) is 8.50. The first-order valence-corrected chi connectivity index (χ1v) is 5.01. The van der Waals surface area contributed by atoms with Crippen molar-refractivity contribution in [2.45, 2.75) is 6.92 Å². The highest BCUT2D eigenvalue weighted by molar-refractivity contribution is 5.89. The molecule has 1 N–H and O–H groups in total. The summed E-state index contributed by atoms with van der Waals surface area (Å²) in [4.78, 5) is 25.1. The molecular weight excluding hydrogens is 238 g/mol. The Labute approximate surface area is 101 Å². The van der Waals surface area contributed by atoms with Crippen molar-refractivity contribution in [2.75, 3.05) is 0 Å². The Morgan fingerprint density at radius 2 is 2.22 bits per heavy atom. The van der Waals surface area contributed by atoms with Crippen molar-refractivity contribution in [3.63, 3.8) is 0 Å². The van der Waals surface area contributed by atoms with Gasteiger partial charge >= 0.3 is 5.97 Å². The second kappa shape index (κ2) is 4.28. The topological polar surface area (TPSA) is 98.3 Å². The molecular formula is C11H9N3O4. The molecule has 1 aromatic carbocycles. The van der Waals surface area contributed by atoms with Crippen molar-refractivity contribution >= 4 is 11.7 Å². The summed E-state index contributed by atoms with van der Waals surface area (Å²) in [5.41, 5.74) is 0.469. The lowest BCUT2D eigenvalue weighted by Crippen LogP contribution is -2.04. The van der Waals surface area contributed by atoms with Gasteiger partial charge in [-0.3, -0.25) is 10.1 Å². The molecule has 0 aliphatic carbocycles. The number of nitro benzene ring substituents is 1. The third-order valence-corrected chi connectivity index (χ3v) is 2.58. The van der Waals surface area contributed by atoms with E-state index in [2.05, 4.69) is 4.98 Å². The third kappa shape index (κ3) is 1.93. The summed E-state index contributed by atoms with van der Waals surface area (Å²) in [6.07, 6.45) is 4.56. The number of nitrogens with zero attached hydrogens (tertiary/aromatic N) is 3. The van der Waals surface area contributed by atoms with Crippen LogP contribution in [0.5, 0.6) is 0 Å². The van der Waals surface area contributed by atoms with Crippen LogP contribution in [-0.4, -0.2) is 25.6 Å². The van der Waals surface area contributed by atoms with Gasteiger partial charge in [0.2, 0.25) is 0 Å². The van der Waals surface area contributed by atoms with E-state index in [4.69, 9.17) is 5.11 Å². The standard InChI is InChI=1S/C11H9N3O4/c1-7-9(13-3-2-12-6-13)4-8(11(15)16)5-10(7)14(17)18/h2-6H,1H3,(H,15,16). The maximum absolute atomic E-state index is 11.0. The van der Waals surface area contributed by atoms with E-state index in [-0.39, 0.29) is 11.3 Å². The van der Waals surface area contributed by atoms with Gasteiger partial charge in [-0.2, -0.15) is 0 Å².